The van der Waals surface area contributed by atoms with Crippen LogP contribution in [-0.2, 0) is 6.18 Å². The molecule has 0 aromatic heterocycles. The quantitative estimate of drug-likeness (QED) is 0.757. The maximum absolute atomic E-state index is 12.9. The Kier molecular flexibility index (Phi) is 4.66. The lowest BCUT2D eigenvalue weighted by molar-refractivity contribution is -0.138. The molecule has 116 valence electrons. The van der Waals surface area contributed by atoms with Gasteiger partial charge in [0, 0.05) is 22.6 Å². The molecule has 1 saturated carbocycles. The van der Waals surface area contributed by atoms with Crippen LogP contribution in [0.5, 0.6) is 0 Å². The summed E-state index contributed by atoms with van der Waals surface area (Å²) in [5, 5.41) is 0. The number of rotatable bonds is 4. The monoisotopic (exact) mass is 363 g/mol. The zero-order chi connectivity index (χ0) is 15.8. The first kappa shape index (κ1) is 16.3. The van der Waals surface area contributed by atoms with E-state index < -0.39 is 11.7 Å². The van der Waals surface area contributed by atoms with E-state index in [2.05, 4.69) is 15.9 Å². The van der Waals surface area contributed by atoms with Crippen molar-refractivity contribution in [2.45, 2.75) is 38.9 Å². The molecule has 0 heterocycles. The van der Waals surface area contributed by atoms with Crippen LogP contribution in [-0.4, -0.2) is 23.4 Å². The molecule has 1 aromatic carbocycles. The fraction of sp³-hybridized carbons (Fsp3) is 0.533. The van der Waals surface area contributed by atoms with Crippen molar-refractivity contribution < 1.29 is 18.0 Å². The molecule has 1 fully saturated rings. The van der Waals surface area contributed by atoms with Gasteiger partial charge >= 0.3 is 6.18 Å². The van der Waals surface area contributed by atoms with E-state index in [-0.39, 0.29) is 27.9 Å². The number of nitrogens with zero attached hydrogens (tertiary/aromatic N) is 1. The Bertz CT molecular complexity index is 538. The molecule has 2 nitrogen and oxygen atoms in total. The summed E-state index contributed by atoms with van der Waals surface area (Å²) >= 11 is 2.89. The Hall–Kier alpha value is -1.04. The van der Waals surface area contributed by atoms with Gasteiger partial charge in [0.1, 0.15) is 0 Å². The number of amides is 1. The normalized spacial score (nSPS) is 15.4. The van der Waals surface area contributed by atoms with Gasteiger partial charge in [-0.25, -0.2) is 0 Å². The van der Waals surface area contributed by atoms with E-state index in [0.717, 1.165) is 18.9 Å². The topological polar surface area (TPSA) is 20.3 Å². The van der Waals surface area contributed by atoms with Crippen molar-refractivity contribution in [1.82, 2.24) is 4.90 Å². The molecule has 0 N–H and O–H groups in total. The maximum Gasteiger partial charge on any atom is 0.417 e. The van der Waals surface area contributed by atoms with Crippen LogP contribution in [0.1, 0.15) is 42.6 Å². The van der Waals surface area contributed by atoms with Crippen molar-refractivity contribution in [2.75, 3.05) is 6.54 Å². The lowest BCUT2D eigenvalue weighted by Gasteiger charge is -2.25. The summed E-state index contributed by atoms with van der Waals surface area (Å²) in [7, 11) is 0. The van der Waals surface area contributed by atoms with Gasteiger partial charge in [-0.2, -0.15) is 13.2 Å². The largest absolute Gasteiger partial charge is 0.417 e. The van der Waals surface area contributed by atoms with E-state index in [1.807, 2.05) is 13.8 Å². The Morgan fingerprint density at radius 3 is 2.48 bits per heavy atom. The van der Waals surface area contributed by atoms with Crippen LogP contribution in [0.3, 0.4) is 0 Å². The Morgan fingerprint density at radius 2 is 2.00 bits per heavy atom. The number of halogens is 4. The van der Waals surface area contributed by atoms with Crippen molar-refractivity contribution in [1.29, 1.82) is 0 Å². The third kappa shape index (κ3) is 3.99. The van der Waals surface area contributed by atoms with E-state index in [9.17, 15) is 18.0 Å². The summed E-state index contributed by atoms with van der Waals surface area (Å²) in [5.41, 5.74) is -0.716. The van der Waals surface area contributed by atoms with Crippen molar-refractivity contribution in [3.8, 4) is 0 Å². The predicted molar refractivity (Wildman–Crippen MR) is 78.0 cm³/mol. The molecule has 0 aliphatic heterocycles. The lowest BCUT2D eigenvalue weighted by atomic mass is 10.1. The summed E-state index contributed by atoms with van der Waals surface area (Å²) in [6, 6.07) is 3.84. The van der Waals surface area contributed by atoms with Crippen LogP contribution in [0, 0.1) is 5.92 Å². The van der Waals surface area contributed by atoms with Crippen LogP contribution in [0.4, 0.5) is 13.2 Å². The molecule has 0 atom stereocenters. The highest BCUT2D eigenvalue weighted by Gasteiger charge is 2.36. The first-order valence-electron chi connectivity index (χ1n) is 6.88. The lowest BCUT2D eigenvalue weighted by Crippen LogP contribution is -2.36. The summed E-state index contributed by atoms with van der Waals surface area (Å²) in [6.07, 6.45) is -2.61. The Labute approximate surface area is 130 Å². The van der Waals surface area contributed by atoms with Crippen LogP contribution >= 0.6 is 15.9 Å². The molecule has 6 heteroatoms. The molecule has 1 aliphatic carbocycles. The third-order valence-corrected chi connectivity index (χ3v) is 4.02. The first-order chi connectivity index (χ1) is 9.70. The van der Waals surface area contributed by atoms with Gasteiger partial charge in [0.05, 0.1) is 5.56 Å². The second-order valence-electron chi connectivity index (χ2n) is 5.77. The first-order valence-corrected chi connectivity index (χ1v) is 7.67. The van der Waals surface area contributed by atoms with E-state index in [1.165, 1.54) is 12.1 Å². The molecule has 0 bridgehead atoms. The van der Waals surface area contributed by atoms with Gasteiger partial charge in [-0.3, -0.25) is 4.79 Å². The van der Waals surface area contributed by atoms with E-state index in [4.69, 9.17) is 0 Å². The molecule has 0 spiro atoms. The number of carbonyl (C=O) groups excluding carboxylic acids is 1. The van der Waals surface area contributed by atoms with E-state index in [0.29, 0.717) is 6.54 Å². The fourth-order valence-corrected chi connectivity index (χ4v) is 2.69. The zero-order valence-corrected chi connectivity index (χ0v) is 13.5. The summed E-state index contributed by atoms with van der Waals surface area (Å²) in [4.78, 5) is 14.2. The highest BCUT2D eigenvalue weighted by atomic mass is 79.9. The number of alkyl halides is 3. The highest BCUT2D eigenvalue weighted by Crippen LogP contribution is 2.36. The molecule has 2 rings (SSSR count). The average Bonchev–Trinajstić information content (AvgIpc) is 3.18. The number of carbonyl (C=O) groups is 1. The molecule has 1 amide bonds. The number of hydrogen-bond donors (Lipinski definition) is 0. The molecule has 0 radical (unpaired) electrons. The molecule has 1 aliphatic rings. The van der Waals surface area contributed by atoms with Gasteiger partial charge < -0.3 is 4.90 Å². The Balaban J connectivity index is 2.30. The van der Waals surface area contributed by atoms with Crippen molar-refractivity contribution in [2.24, 2.45) is 5.92 Å². The highest BCUT2D eigenvalue weighted by molar-refractivity contribution is 9.10. The minimum atomic E-state index is -4.47. The van der Waals surface area contributed by atoms with Gasteiger partial charge in [-0.15, -0.1) is 0 Å². The molecule has 0 unspecified atom stereocenters. The molecule has 0 saturated heterocycles. The van der Waals surface area contributed by atoms with Crippen molar-refractivity contribution >= 4 is 21.8 Å². The number of benzene rings is 1. The van der Waals surface area contributed by atoms with Gasteiger partial charge in [0.2, 0.25) is 0 Å². The van der Waals surface area contributed by atoms with E-state index in [1.54, 1.807) is 4.90 Å². The molecular weight excluding hydrogens is 347 g/mol. The number of hydrogen-bond acceptors (Lipinski definition) is 1. The molecule has 1 aromatic rings. The van der Waals surface area contributed by atoms with Gasteiger partial charge in [0.15, 0.2) is 0 Å². The standard InChI is InChI=1S/C15H17BrF3NO/c1-9(2)8-20(11-4-5-11)14(21)10-3-6-13(16)12(7-10)15(17,18)19/h3,6-7,9,11H,4-5,8H2,1-2H3. The third-order valence-electron chi connectivity index (χ3n) is 3.33. The van der Waals surface area contributed by atoms with Gasteiger partial charge in [-0.1, -0.05) is 29.8 Å². The van der Waals surface area contributed by atoms with Crippen molar-refractivity contribution in [3.05, 3.63) is 33.8 Å². The van der Waals surface area contributed by atoms with Crippen LogP contribution < -0.4 is 0 Å². The minimum absolute atomic E-state index is 0.0478. The second-order valence-corrected chi connectivity index (χ2v) is 6.63. The predicted octanol–water partition coefficient (Wildman–Crippen LogP) is 4.73. The Morgan fingerprint density at radius 1 is 1.38 bits per heavy atom. The summed E-state index contributed by atoms with van der Waals surface area (Å²) in [5.74, 6) is -0.0312. The molecular formula is C15H17BrF3NO. The van der Waals surface area contributed by atoms with Crippen LogP contribution in [0.15, 0.2) is 22.7 Å². The maximum atomic E-state index is 12.9. The fourth-order valence-electron chi connectivity index (χ4n) is 2.22. The van der Waals surface area contributed by atoms with Gasteiger partial charge in [-0.05, 0) is 37.0 Å². The van der Waals surface area contributed by atoms with Crippen LogP contribution in [0.25, 0.3) is 0 Å². The van der Waals surface area contributed by atoms with Gasteiger partial charge in [0.25, 0.3) is 5.91 Å². The van der Waals surface area contributed by atoms with Crippen molar-refractivity contribution in [3.63, 3.8) is 0 Å². The van der Waals surface area contributed by atoms with Crippen LogP contribution in [0.2, 0.25) is 0 Å². The minimum Gasteiger partial charge on any atom is -0.335 e. The summed E-state index contributed by atoms with van der Waals surface area (Å²) < 4.78 is 38.7. The summed E-state index contributed by atoms with van der Waals surface area (Å²) in [6.45, 7) is 4.55. The molecule has 21 heavy (non-hydrogen) atoms. The second kappa shape index (κ2) is 5.99. The zero-order valence-electron chi connectivity index (χ0n) is 11.9. The SMILES string of the molecule is CC(C)CN(C(=O)c1ccc(Br)c(C(F)(F)F)c1)C1CC1. The smallest absolute Gasteiger partial charge is 0.335 e. The van der Waals surface area contributed by atoms with E-state index >= 15 is 0 Å². The average molecular weight is 364 g/mol.